The first-order chi connectivity index (χ1) is 16.3. The van der Waals surface area contributed by atoms with Crippen molar-refractivity contribution >= 4 is 46.7 Å². The molecule has 0 aromatic carbocycles. The third-order valence-corrected chi connectivity index (χ3v) is 9.77. The summed E-state index contributed by atoms with van der Waals surface area (Å²) in [7, 11) is 0. The van der Waals surface area contributed by atoms with Crippen molar-refractivity contribution in [2.24, 2.45) is 22.7 Å². The molecule has 2 saturated carbocycles. The zero-order chi connectivity index (χ0) is 27.2. The molecule has 0 aromatic heterocycles. The van der Waals surface area contributed by atoms with Crippen molar-refractivity contribution < 1.29 is 132 Å². The molecular weight excluding hydrogens is 993 g/mol. The largest absolute Gasteiger partial charge is 0.508 e. The van der Waals surface area contributed by atoms with Gasteiger partial charge in [0.1, 0.15) is 24.4 Å². The summed E-state index contributed by atoms with van der Waals surface area (Å²) in [5.74, 6) is -2.51. The van der Waals surface area contributed by atoms with E-state index in [0.717, 1.165) is 0 Å². The molecular formula is C24H33Ac2Cl3O9. The van der Waals surface area contributed by atoms with Gasteiger partial charge in [0.2, 0.25) is 3.79 Å². The second kappa shape index (κ2) is 12.0. The summed E-state index contributed by atoms with van der Waals surface area (Å²) >= 11 is 17.0. The molecule has 0 amide bonds. The molecule has 1 heterocycles. The molecule has 3 aliphatic carbocycles. The number of ketones is 1. The van der Waals surface area contributed by atoms with Crippen LogP contribution in [-0.2, 0) is 19.0 Å². The van der Waals surface area contributed by atoms with Crippen LogP contribution in [0.25, 0.3) is 0 Å². The predicted molar refractivity (Wildman–Crippen MR) is 130 cm³/mol. The van der Waals surface area contributed by atoms with E-state index in [-0.39, 0.29) is 113 Å². The van der Waals surface area contributed by atoms with E-state index in [4.69, 9.17) is 49.0 Å². The number of aliphatic hydroxyl groups excluding tert-OH is 2. The van der Waals surface area contributed by atoms with Crippen molar-refractivity contribution in [1.29, 1.82) is 0 Å². The van der Waals surface area contributed by atoms with Gasteiger partial charge in [-0.3, -0.25) is 4.79 Å². The molecule has 4 rings (SSSR count). The molecule has 38 heavy (non-hydrogen) atoms. The van der Waals surface area contributed by atoms with Crippen LogP contribution in [0.5, 0.6) is 0 Å². The van der Waals surface area contributed by atoms with Gasteiger partial charge in [-0.2, -0.15) is 0 Å². The fourth-order valence-corrected chi connectivity index (χ4v) is 7.60. The van der Waals surface area contributed by atoms with E-state index < -0.39 is 80.6 Å². The van der Waals surface area contributed by atoms with Gasteiger partial charge in [0.15, 0.2) is 5.78 Å². The zero-order valence-electron chi connectivity index (χ0n) is 21.9. The van der Waals surface area contributed by atoms with Crippen LogP contribution in [-0.4, -0.2) is 85.0 Å². The predicted octanol–water partition coefficient (Wildman–Crippen LogP) is 2.45. The van der Waals surface area contributed by atoms with E-state index in [9.17, 15) is 30.0 Å². The van der Waals surface area contributed by atoms with Gasteiger partial charge >= 0.3 is 6.16 Å². The van der Waals surface area contributed by atoms with Crippen LogP contribution in [0.2, 0.25) is 0 Å². The molecule has 4 aliphatic rings. The zero-order valence-corrected chi connectivity index (χ0v) is 33.7. The summed E-state index contributed by atoms with van der Waals surface area (Å²) in [6.45, 7) is 7.58. The standard InChI is InChI=1S/C24H33Cl3O9.2Ac/c1-10-12(28)7-23(33)11(2)17-21(5,18(30)16(29)15(10)20(23,3)4)13(6-14-22(17,32)8-34-14)36-19(31)35-9-24(25,26)27;;/h11-14,16-17,28-29,32-33H,6-9H2,1-5H3;;/t11?,12?,13?,14?,16?,17?,21-,22?,23?;;/m1../s1. The van der Waals surface area contributed by atoms with Crippen molar-refractivity contribution in [3.05, 3.63) is 11.1 Å². The first-order valence-corrected chi connectivity index (χ1v) is 13.0. The maximum atomic E-state index is 14.2. The van der Waals surface area contributed by atoms with Crippen molar-refractivity contribution in [2.45, 2.75) is 86.9 Å². The molecule has 1 aliphatic heterocycles. The van der Waals surface area contributed by atoms with Crippen LogP contribution in [0.4, 0.5) is 4.79 Å². The fraction of sp³-hybridized carbons (Fsp3) is 0.833. The molecule has 2 radical (unpaired) electrons. The van der Waals surface area contributed by atoms with Crippen LogP contribution in [0.15, 0.2) is 11.1 Å². The quantitative estimate of drug-likeness (QED) is 0.187. The topological polar surface area (TPSA) is 143 Å². The Balaban J connectivity index is 0.00000253. The van der Waals surface area contributed by atoms with Gasteiger partial charge in [-0.25, -0.2) is 4.79 Å². The number of Topliss-reactive ketones (excluding diaryl/α,β-unsaturated/α-hetero) is 1. The minimum atomic E-state index is -1.88. The third-order valence-electron chi connectivity index (χ3n) is 9.44. The number of aliphatic hydroxyl groups is 4. The van der Waals surface area contributed by atoms with Gasteiger partial charge in [0, 0.05) is 112 Å². The Bertz CT molecular complexity index is 1010. The van der Waals surface area contributed by atoms with Gasteiger partial charge in [-0.15, -0.1) is 0 Å². The molecule has 9 nitrogen and oxygen atoms in total. The number of hydrogen-bond donors (Lipinski definition) is 4. The monoisotopic (exact) mass is 1020 g/mol. The number of halogens is 3. The Morgan fingerprint density at radius 2 is 1.74 bits per heavy atom. The molecule has 0 aromatic rings. The van der Waals surface area contributed by atoms with E-state index in [0.29, 0.717) is 5.57 Å². The number of hydrogen-bond acceptors (Lipinski definition) is 9. The second-order valence-corrected chi connectivity index (χ2v) is 14.0. The Labute approximate surface area is 308 Å². The average molecular weight is 1030 g/mol. The number of rotatable bonds is 2. The molecule has 210 valence electrons. The summed E-state index contributed by atoms with van der Waals surface area (Å²) in [4.78, 5) is 26.7. The average Bonchev–Trinajstić information content (AvgIpc) is 2.75. The maximum Gasteiger partial charge on any atom is 0.508 e. The molecule has 2 bridgehead atoms. The summed E-state index contributed by atoms with van der Waals surface area (Å²) in [5.41, 5.74) is -5.35. The maximum absolute atomic E-state index is 14.2. The third kappa shape index (κ3) is 5.49. The van der Waals surface area contributed by atoms with Crippen molar-refractivity contribution in [3.8, 4) is 0 Å². The van der Waals surface area contributed by atoms with E-state index in [1.165, 1.54) is 6.92 Å². The Morgan fingerprint density at radius 3 is 2.24 bits per heavy atom. The molecule has 4 N–H and O–H groups in total. The number of fused-ring (bicyclic) bond motifs is 5. The SMILES string of the molecule is CC1=C2C(O)C(=O)[C@]3(C)C(OC(=O)OCC(Cl)(Cl)Cl)CC4OCC4(O)C3C(C)C(O)(CC1O)C2(C)C.[Ac].[Ac]. The number of carbonyl (C=O) groups is 2. The minimum absolute atomic E-state index is 0. The molecule has 1 saturated heterocycles. The molecule has 0 spiro atoms. The normalized spacial score (nSPS) is 43.6. The van der Waals surface area contributed by atoms with E-state index >= 15 is 0 Å². The Morgan fingerprint density at radius 1 is 1.16 bits per heavy atom. The first kappa shape index (κ1) is 36.4. The molecule has 8 unspecified atom stereocenters. The van der Waals surface area contributed by atoms with Gasteiger partial charge < -0.3 is 34.6 Å². The van der Waals surface area contributed by atoms with Gasteiger partial charge in [0.05, 0.1) is 29.8 Å². The van der Waals surface area contributed by atoms with Crippen LogP contribution in [0, 0.1) is 111 Å². The smallest absolute Gasteiger partial charge is 0.430 e. The summed E-state index contributed by atoms with van der Waals surface area (Å²) in [6, 6.07) is 0. The van der Waals surface area contributed by atoms with E-state index in [1.807, 2.05) is 0 Å². The van der Waals surface area contributed by atoms with Crippen molar-refractivity contribution in [2.75, 3.05) is 13.2 Å². The van der Waals surface area contributed by atoms with Gasteiger partial charge in [-0.05, 0) is 30.9 Å². The van der Waals surface area contributed by atoms with Crippen molar-refractivity contribution in [3.63, 3.8) is 0 Å². The Hall–Kier alpha value is 2.23. The fourth-order valence-electron chi connectivity index (χ4n) is 7.44. The number of ether oxygens (including phenoxy) is 3. The Kier molecular flexibility index (Phi) is 11.5. The van der Waals surface area contributed by atoms with Crippen LogP contribution in [0.3, 0.4) is 0 Å². The van der Waals surface area contributed by atoms with Crippen LogP contribution < -0.4 is 0 Å². The summed E-state index contributed by atoms with van der Waals surface area (Å²) < 4.78 is 14.2. The first-order valence-electron chi connectivity index (χ1n) is 11.9. The second-order valence-electron chi connectivity index (χ2n) is 11.5. The van der Waals surface area contributed by atoms with E-state index in [2.05, 4.69) is 0 Å². The summed E-state index contributed by atoms with van der Waals surface area (Å²) in [5, 5.41) is 46.3. The van der Waals surface area contributed by atoms with E-state index in [1.54, 1.807) is 27.7 Å². The van der Waals surface area contributed by atoms with Gasteiger partial charge in [-0.1, -0.05) is 55.6 Å². The molecule has 14 heteroatoms. The van der Waals surface area contributed by atoms with Crippen LogP contribution >= 0.6 is 34.8 Å². The molecule has 9 atom stereocenters. The van der Waals surface area contributed by atoms with Crippen molar-refractivity contribution in [1.82, 2.24) is 0 Å². The summed E-state index contributed by atoms with van der Waals surface area (Å²) in [6.07, 6.45) is -6.14. The number of alkyl halides is 3. The van der Waals surface area contributed by atoms with Crippen LogP contribution in [0.1, 0.15) is 47.5 Å². The number of carbonyl (C=O) groups excluding carboxylic acids is 2. The minimum Gasteiger partial charge on any atom is -0.430 e. The molecule has 3 fully saturated rings. The van der Waals surface area contributed by atoms with Gasteiger partial charge in [0.25, 0.3) is 0 Å².